The van der Waals surface area contributed by atoms with E-state index >= 15 is 0 Å². The first-order valence-electron chi connectivity index (χ1n) is 5.37. The Kier molecular flexibility index (Phi) is 2.08. The van der Waals surface area contributed by atoms with Gasteiger partial charge in [-0.3, -0.25) is 4.79 Å². The summed E-state index contributed by atoms with van der Waals surface area (Å²) in [7, 11) is 0. The Morgan fingerprint density at radius 2 is 2.24 bits per heavy atom. The Morgan fingerprint density at radius 3 is 3.06 bits per heavy atom. The zero-order chi connectivity index (χ0) is 11.8. The smallest absolute Gasteiger partial charge is 0.268 e. The van der Waals surface area contributed by atoms with Gasteiger partial charge in [-0.05, 0) is 11.6 Å². The average molecular weight is 225 g/mol. The summed E-state index contributed by atoms with van der Waals surface area (Å²) in [5, 5.41) is 0. The predicted octanol–water partition coefficient (Wildman–Crippen LogP) is 1.60. The monoisotopic (exact) mass is 225 g/mol. The normalized spacial score (nSPS) is 20.5. The first-order chi connectivity index (χ1) is 8.25. The van der Waals surface area contributed by atoms with Crippen molar-refractivity contribution in [2.45, 2.75) is 5.92 Å². The second-order valence-corrected chi connectivity index (χ2v) is 3.99. The van der Waals surface area contributed by atoms with Crippen LogP contribution >= 0.6 is 0 Å². The summed E-state index contributed by atoms with van der Waals surface area (Å²) in [5.74, 6) is 0.405. The molecule has 2 N–H and O–H groups in total. The van der Waals surface area contributed by atoms with Gasteiger partial charge in [0.1, 0.15) is 11.5 Å². The number of imidazole rings is 1. The first-order valence-corrected chi connectivity index (χ1v) is 5.37. The molecule has 2 aliphatic rings. The predicted molar refractivity (Wildman–Crippen MR) is 65.2 cm³/mol. The van der Waals surface area contributed by atoms with Crippen LogP contribution in [0.15, 0.2) is 48.2 Å². The van der Waals surface area contributed by atoms with Crippen LogP contribution in [-0.2, 0) is 0 Å². The zero-order valence-electron chi connectivity index (χ0n) is 9.08. The molecule has 1 aromatic rings. The van der Waals surface area contributed by atoms with Crippen molar-refractivity contribution in [1.82, 2.24) is 9.55 Å². The number of primary amides is 1. The van der Waals surface area contributed by atoms with Gasteiger partial charge in [0.05, 0.1) is 5.92 Å². The second kappa shape index (κ2) is 3.59. The van der Waals surface area contributed by atoms with Crippen molar-refractivity contribution in [3.8, 4) is 0 Å². The van der Waals surface area contributed by atoms with Crippen LogP contribution in [0.3, 0.4) is 0 Å². The molecular weight excluding hydrogens is 214 g/mol. The fraction of sp³-hybridized carbons (Fsp3) is 0.0769. The highest BCUT2D eigenvalue weighted by atomic mass is 16.1. The van der Waals surface area contributed by atoms with E-state index < -0.39 is 5.91 Å². The van der Waals surface area contributed by atoms with Gasteiger partial charge in [-0.1, -0.05) is 30.4 Å². The van der Waals surface area contributed by atoms with Crippen molar-refractivity contribution in [3.63, 3.8) is 0 Å². The summed E-state index contributed by atoms with van der Waals surface area (Å²) in [5.41, 5.74) is 6.70. The van der Waals surface area contributed by atoms with Gasteiger partial charge in [-0.15, -0.1) is 0 Å². The number of hydrogen-bond acceptors (Lipinski definition) is 2. The molecular formula is C13H11N3O. The SMILES string of the molecule is NC(=O)c1cn2c(n1)C1C=CC=CC1=CC=C2. The minimum Gasteiger partial charge on any atom is -0.364 e. The van der Waals surface area contributed by atoms with E-state index in [4.69, 9.17) is 5.73 Å². The van der Waals surface area contributed by atoms with E-state index in [1.807, 2.05) is 41.1 Å². The number of carbonyl (C=O) groups is 1. The Bertz CT molecular complexity index is 602. The number of nitrogens with two attached hydrogens (primary N) is 1. The third kappa shape index (κ3) is 1.54. The molecule has 0 radical (unpaired) electrons. The summed E-state index contributed by atoms with van der Waals surface area (Å²) >= 11 is 0. The quantitative estimate of drug-likeness (QED) is 0.789. The molecule has 4 nitrogen and oxygen atoms in total. The van der Waals surface area contributed by atoms with Crippen LogP contribution in [0.2, 0.25) is 0 Å². The number of fused-ring (bicyclic) bond motifs is 3. The van der Waals surface area contributed by atoms with Gasteiger partial charge in [0.2, 0.25) is 0 Å². The number of amides is 1. The van der Waals surface area contributed by atoms with Crippen molar-refractivity contribution >= 4 is 12.1 Å². The molecule has 4 heteroatoms. The minimum absolute atomic E-state index is 0.0862. The molecule has 0 fully saturated rings. The van der Waals surface area contributed by atoms with Crippen LogP contribution in [0.4, 0.5) is 0 Å². The van der Waals surface area contributed by atoms with E-state index in [2.05, 4.69) is 11.1 Å². The van der Waals surface area contributed by atoms with Gasteiger partial charge >= 0.3 is 0 Å². The molecule has 1 atom stereocenters. The maximum absolute atomic E-state index is 11.1. The molecule has 1 amide bonds. The molecule has 2 heterocycles. The molecule has 0 saturated heterocycles. The summed E-state index contributed by atoms with van der Waals surface area (Å²) < 4.78 is 1.84. The number of carbonyl (C=O) groups excluding carboxylic acids is 1. The molecule has 1 unspecified atom stereocenters. The second-order valence-electron chi connectivity index (χ2n) is 3.99. The van der Waals surface area contributed by atoms with E-state index in [9.17, 15) is 4.79 Å². The fourth-order valence-corrected chi connectivity index (χ4v) is 2.07. The van der Waals surface area contributed by atoms with Crippen molar-refractivity contribution in [1.29, 1.82) is 0 Å². The van der Waals surface area contributed by atoms with Crippen molar-refractivity contribution in [3.05, 3.63) is 59.7 Å². The molecule has 0 spiro atoms. The van der Waals surface area contributed by atoms with Crippen molar-refractivity contribution in [2.75, 3.05) is 0 Å². The van der Waals surface area contributed by atoms with Gasteiger partial charge in [0.25, 0.3) is 5.91 Å². The van der Waals surface area contributed by atoms with E-state index in [0.717, 1.165) is 11.4 Å². The maximum Gasteiger partial charge on any atom is 0.268 e. The van der Waals surface area contributed by atoms with E-state index in [0.29, 0.717) is 5.69 Å². The molecule has 0 saturated carbocycles. The van der Waals surface area contributed by atoms with Crippen molar-refractivity contribution in [2.24, 2.45) is 5.73 Å². The fourth-order valence-electron chi connectivity index (χ4n) is 2.07. The standard InChI is InChI=1S/C13H11N3O/c14-12(17)11-8-16-7-3-5-9-4-1-2-6-10(9)13(16)15-11/h1-8,10H,(H2,14,17). The number of aromatic nitrogens is 2. The van der Waals surface area contributed by atoms with Gasteiger partial charge in [-0.25, -0.2) is 4.98 Å². The van der Waals surface area contributed by atoms with E-state index in [1.54, 1.807) is 6.20 Å². The Labute approximate surface area is 98.5 Å². The van der Waals surface area contributed by atoms with Crippen LogP contribution in [-0.4, -0.2) is 15.5 Å². The molecule has 1 aliphatic heterocycles. The molecule has 0 bridgehead atoms. The van der Waals surface area contributed by atoms with Crippen molar-refractivity contribution < 1.29 is 4.79 Å². The van der Waals surface area contributed by atoms with Crippen LogP contribution < -0.4 is 5.73 Å². The zero-order valence-corrected chi connectivity index (χ0v) is 9.08. The molecule has 1 aliphatic carbocycles. The van der Waals surface area contributed by atoms with Gasteiger partial charge < -0.3 is 10.3 Å². The average Bonchev–Trinajstić information content (AvgIpc) is 2.67. The lowest BCUT2D eigenvalue weighted by Crippen LogP contribution is -2.11. The largest absolute Gasteiger partial charge is 0.364 e. The summed E-state index contributed by atoms with van der Waals surface area (Å²) in [4.78, 5) is 15.4. The molecule has 84 valence electrons. The third-order valence-corrected chi connectivity index (χ3v) is 2.89. The lowest BCUT2D eigenvalue weighted by molar-refractivity contribution is 0.0996. The van der Waals surface area contributed by atoms with Crippen LogP contribution in [0.5, 0.6) is 0 Å². The topological polar surface area (TPSA) is 60.9 Å². The molecule has 1 aromatic heterocycles. The van der Waals surface area contributed by atoms with E-state index in [1.165, 1.54) is 0 Å². The number of nitrogens with zero attached hydrogens (tertiary/aromatic N) is 2. The Morgan fingerprint density at radius 1 is 1.35 bits per heavy atom. The van der Waals surface area contributed by atoms with Crippen LogP contribution in [0.1, 0.15) is 22.2 Å². The number of rotatable bonds is 1. The highest BCUT2D eigenvalue weighted by Crippen LogP contribution is 2.31. The lowest BCUT2D eigenvalue weighted by atomic mass is 9.94. The molecule has 0 aromatic carbocycles. The first kappa shape index (κ1) is 9.84. The highest BCUT2D eigenvalue weighted by Gasteiger charge is 2.22. The summed E-state index contributed by atoms with van der Waals surface area (Å²) in [6, 6.07) is 0. The summed E-state index contributed by atoms with van der Waals surface area (Å²) in [6.45, 7) is 0. The van der Waals surface area contributed by atoms with Gasteiger partial charge in [0.15, 0.2) is 0 Å². The molecule has 17 heavy (non-hydrogen) atoms. The Hall–Kier alpha value is -2.36. The minimum atomic E-state index is -0.500. The van der Waals surface area contributed by atoms with Crippen LogP contribution in [0, 0.1) is 0 Å². The van der Waals surface area contributed by atoms with Crippen LogP contribution in [0.25, 0.3) is 6.20 Å². The third-order valence-electron chi connectivity index (χ3n) is 2.89. The lowest BCUT2D eigenvalue weighted by Gasteiger charge is -2.14. The van der Waals surface area contributed by atoms with Gasteiger partial charge in [-0.2, -0.15) is 0 Å². The van der Waals surface area contributed by atoms with E-state index in [-0.39, 0.29) is 5.92 Å². The number of allylic oxidation sites excluding steroid dienone is 7. The Balaban J connectivity index is 2.15. The summed E-state index contributed by atoms with van der Waals surface area (Å²) in [6.07, 6.45) is 15.6. The number of hydrogen-bond donors (Lipinski definition) is 1. The highest BCUT2D eigenvalue weighted by molar-refractivity contribution is 5.90. The maximum atomic E-state index is 11.1. The molecule has 3 rings (SSSR count). The van der Waals surface area contributed by atoms with Gasteiger partial charge in [0, 0.05) is 12.4 Å².